The van der Waals surface area contributed by atoms with Gasteiger partial charge >= 0.3 is 13.4 Å². The maximum absolute atomic E-state index is 10.7. The molecule has 0 spiro atoms. The van der Waals surface area contributed by atoms with E-state index in [9.17, 15) is 15.0 Å². The Kier molecular flexibility index (Phi) is 3.73. The van der Waals surface area contributed by atoms with Crippen molar-refractivity contribution in [1.29, 1.82) is 0 Å². The molecule has 0 amide bonds. The smallest absolute Gasteiger partial charge is 0.461 e. The lowest BCUT2D eigenvalue weighted by molar-refractivity contribution is -0.861. The number of quaternary nitrogens is 1. The molecule has 0 aliphatic heterocycles. The second kappa shape index (κ2) is 3.91. The highest BCUT2D eigenvalue weighted by Crippen LogP contribution is 2.13. The summed E-state index contributed by atoms with van der Waals surface area (Å²) in [5.74, 6) is 0. The lowest BCUT2D eigenvalue weighted by Gasteiger charge is -2.20. The van der Waals surface area contributed by atoms with E-state index in [1.165, 1.54) is 0 Å². The van der Waals surface area contributed by atoms with E-state index in [1.54, 1.807) is 21.1 Å². The third kappa shape index (κ3) is 4.35. The molecule has 12 heavy (non-hydrogen) atoms. The van der Waals surface area contributed by atoms with Crippen LogP contribution in [-0.2, 0) is 0 Å². The average molecular weight is 195 g/mol. The van der Waals surface area contributed by atoms with E-state index >= 15 is 0 Å². The Labute approximate surface area is 71.3 Å². The molecule has 0 aromatic heterocycles. The van der Waals surface area contributed by atoms with E-state index in [4.69, 9.17) is 5.11 Å². The van der Waals surface area contributed by atoms with Crippen LogP contribution in [0.4, 0.5) is 0 Å². The zero-order chi connectivity index (χ0) is 9.94. The second-order valence-corrected chi connectivity index (χ2v) is 4.76. The van der Waals surface area contributed by atoms with Gasteiger partial charge < -0.3 is 14.5 Å². The molecule has 7 heteroatoms. The fourth-order valence-electron chi connectivity index (χ4n) is 0.579. The Morgan fingerprint density at radius 1 is 1.58 bits per heavy atom. The number of hydrogen-bond acceptors (Lipinski definition) is 3. The summed E-state index contributed by atoms with van der Waals surface area (Å²) in [6.07, 6.45) is 0. The first-order chi connectivity index (χ1) is 5.24. The molecule has 0 bridgehead atoms. The zero-order valence-corrected chi connectivity index (χ0v) is 8.12. The van der Waals surface area contributed by atoms with Gasteiger partial charge in [-0.15, -0.1) is 0 Å². The number of likely N-dealkylation sites (N-methyl/N-ethyl adjacent to an activating group) is 1. The van der Waals surface area contributed by atoms with Crippen LogP contribution in [0.3, 0.4) is 0 Å². The highest BCUT2D eigenvalue weighted by atomic mass is 31.1. The third-order valence-corrected chi connectivity index (χ3v) is 1.86. The Morgan fingerprint density at radius 3 is 2.25 bits per heavy atom. The summed E-state index contributed by atoms with van der Waals surface area (Å²) in [5.41, 5.74) is -0.567. The van der Waals surface area contributed by atoms with Crippen LogP contribution in [0.15, 0.2) is 0 Å². The van der Waals surface area contributed by atoms with Crippen molar-refractivity contribution in [2.75, 3.05) is 27.7 Å². The maximum Gasteiger partial charge on any atom is 0.461 e. The standard InChI is InChI=1S/C5H11N2O4P/c1-7(2,3)4-5(8)12(11)6(9)10/h4H2,1-3H3/p+1. The van der Waals surface area contributed by atoms with Crippen LogP contribution in [0.25, 0.3) is 0 Å². The van der Waals surface area contributed by atoms with E-state index in [1.807, 2.05) is 0 Å². The molecule has 0 saturated heterocycles. The van der Waals surface area contributed by atoms with Crippen molar-refractivity contribution < 1.29 is 19.2 Å². The highest BCUT2D eigenvalue weighted by molar-refractivity contribution is 7.44. The number of hydrogen-bond donors (Lipinski definition) is 1. The van der Waals surface area contributed by atoms with Crippen molar-refractivity contribution in [3.8, 4) is 0 Å². The van der Waals surface area contributed by atoms with Gasteiger partial charge in [-0.25, -0.2) is 10.1 Å². The van der Waals surface area contributed by atoms with Crippen molar-refractivity contribution >= 4 is 13.4 Å². The lowest BCUT2D eigenvalue weighted by Crippen LogP contribution is -2.39. The number of nitro groups is 1. The molecule has 0 aromatic carbocycles. The summed E-state index contributed by atoms with van der Waals surface area (Å²) in [6, 6.07) is 0. The van der Waals surface area contributed by atoms with E-state index in [0.717, 1.165) is 0 Å². The lowest BCUT2D eigenvalue weighted by atomic mass is 10.5. The summed E-state index contributed by atoms with van der Waals surface area (Å²) in [7, 11) is 2.37. The van der Waals surface area contributed by atoms with Crippen molar-refractivity contribution in [3.05, 3.63) is 10.1 Å². The first-order valence-corrected chi connectivity index (χ1v) is 4.42. The molecular formula is C5H12N2O4P+. The summed E-state index contributed by atoms with van der Waals surface area (Å²) < 4.78 is -0.679. The second-order valence-electron chi connectivity index (χ2n) is 3.38. The monoisotopic (exact) mass is 195 g/mol. The van der Waals surface area contributed by atoms with Gasteiger partial charge in [0.1, 0.15) is 0 Å². The number of rotatable bonds is 3. The number of aliphatic hydroxyl groups is 1. The van der Waals surface area contributed by atoms with Gasteiger partial charge in [0.05, 0.1) is 21.1 Å². The van der Waals surface area contributed by atoms with E-state index in [2.05, 4.69) is 0 Å². The van der Waals surface area contributed by atoms with Crippen molar-refractivity contribution in [2.24, 2.45) is 0 Å². The number of aliphatic hydroxyl groups excluding tert-OH is 1. The highest BCUT2D eigenvalue weighted by Gasteiger charge is 2.25. The van der Waals surface area contributed by atoms with Crippen LogP contribution < -0.4 is 4.89 Å². The third-order valence-electron chi connectivity index (χ3n) is 0.985. The topological polar surface area (TPSA) is 86.4 Å². The molecule has 6 nitrogen and oxygen atoms in total. The maximum atomic E-state index is 10.7. The van der Waals surface area contributed by atoms with E-state index in [-0.39, 0.29) is 6.54 Å². The van der Waals surface area contributed by atoms with Gasteiger partial charge in [-0.3, -0.25) is 0 Å². The van der Waals surface area contributed by atoms with Crippen LogP contribution >= 0.6 is 7.92 Å². The molecule has 0 fully saturated rings. The molecule has 70 valence electrons. The van der Waals surface area contributed by atoms with Crippen LogP contribution in [-0.4, -0.2) is 47.5 Å². The molecule has 0 saturated carbocycles. The molecule has 0 radical (unpaired) electrons. The Morgan fingerprint density at radius 2 is 2.00 bits per heavy atom. The van der Waals surface area contributed by atoms with Gasteiger partial charge in [-0.05, 0) is 0 Å². The van der Waals surface area contributed by atoms with Crippen LogP contribution in [0, 0.1) is 10.1 Å². The fraction of sp³-hybridized carbons (Fsp3) is 0.800. The largest absolute Gasteiger partial charge is 0.567 e. The minimum Gasteiger partial charge on any atom is -0.567 e. The molecule has 0 aliphatic rings. The molecule has 1 N–H and O–H groups in total. The van der Waals surface area contributed by atoms with Gasteiger partial charge in [0.25, 0.3) is 0 Å². The van der Waals surface area contributed by atoms with Crippen molar-refractivity contribution in [1.82, 2.24) is 0 Å². The fourth-order valence-corrected chi connectivity index (χ4v) is 1.31. The summed E-state index contributed by atoms with van der Waals surface area (Å²) in [6.45, 7) is 0.0240. The average Bonchev–Trinajstić information content (AvgIpc) is 1.82. The Bertz CT molecular complexity index is 220. The predicted octanol–water partition coefficient (Wildman–Crippen LogP) is -0.856. The quantitative estimate of drug-likeness (QED) is 0.275. The van der Waals surface area contributed by atoms with Gasteiger partial charge in [0, 0.05) is 0 Å². The van der Waals surface area contributed by atoms with Crippen molar-refractivity contribution in [3.63, 3.8) is 0 Å². The van der Waals surface area contributed by atoms with Crippen molar-refractivity contribution in [2.45, 2.75) is 0 Å². The van der Waals surface area contributed by atoms with Crippen LogP contribution in [0.1, 0.15) is 0 Å². The molecule has 0 heterocycles. The Balaban J connectivity index is 4.49. The molecule has 0 aliphatic carbocycles. The minimum atomic E-state index is -2.84. The number of nitrogens with zero attached hydrogens (tertiary/aromatic N) is 2. The predicted molar refractivity (Wildman–Crippen MR) is 43.8 cm³/mol. The van der Waals surface area contributed by atoms with E-state index < -0.39 is 18.1 Å². The summed E-state index contributed by atoms with van der Waals surface area (Å²) >= 11 is 0. The SMILES string of the molecule is C[N+](C)(C)CC(O)=[P+]([O-])[N+](=O)[O-]. The first kappa shape index (κ1) is 11.4. The summed E-state index contributed by atoms with van der Waals surface area (Å²) in [4.78, 5) is 20.6. The van der Waals surface area contributed by atoms with Gasteiger partial charge in [0.2, 0.25) is 4.69 Å². The van der Waals surface area contributed by atoms with Gasteiger partial charge in [0.15, 0.2) is 6.54 Å². The van der Waals surface area contributed by atoms with Crippen LogP contribution in [0.2, 0.25) is 0 Å². The first-order valence-electron chi connectivity index (χ1n) is 3.21. The van der Waals surface area contributed by atoms with Crippen LogP contribution in [0.5, 0.6) is 0 Å². The Hall–Kier alpha value is -0.550. The molecule has 1 atom stereocenters. The summed E-state index contributed by atoms with van der Waals surface area (Å²) in [5, 5.41) is 19.0. The molecule has 0 rings (SSSR count). The van der Waals surface area contributed by atoms with Gasteiger partial charge in [-0.1, -0.05) is 0 Å². The molecule has 0 aromatic rings. The molecular weight excluding hydrogens is 183 g/mol. The zero-order valence-electron chi connectivity index (χ0n) is 7.22. The van der Waals surface area contributed by atoms with Gasteiger partial charge in [-0.2, -0.15) is 0 Å². The molecule has 1 unspecified atom stereocenters. The normalized spacial score (nSPS) is 14.1. The van der Waals surface area contributed by atoms with E-state index in [0.29, 0.717) is 4.48 Å². The minimum absolute atomic E-state index is 0.0240.